The van der Waals surface area contributed by atoms with Crippen molar-refractivity contribution >= 4 is 50.2 Å². The molecule has 0 spiro atoms. The lowest BCUT2D eigenvalue weighted by Gasteiger charge is -2.15. The summed E-state index contributed by atoms with van der Waals surface area (Å²) in [6, 6.07) is 3.89. The van der Waals surface area contributed by atoms with Crippen molar-refractivity contribution in [3.63, 3.8) is 0 Å². The lowest BCUT2D eigenvalue weighted by atomic mass is 10.3. The van der Waals surface area contributed by atoms with Crippen molar-refractivity contribution in [3.05, 3.63) is 21.4 Å². The van der Waals surface area contributed by atoms with Gasteiger partial charge in [-0.3, -0.25) is 9.69 Å². The number of halogens is 2. The summed E-state index contributed by atoms with van der Waals surface area (Å²) in [5.41, 5.74) is 0.971. The van der Waals surface area contributed by atoms with E-state index in [0.29, 0.717) is 13.0 Å². The Bertz CT molecular complexity index is 410. The molecule has 5 heteroatoms. The predicted molar refractivity (Wildman–Crippen MR) is 71.4 cm³/mol. The molecule has 1 amide bonds. The second kappa shape index (κ2) is 4.37. The van der Waals surface area contributed by atoms with E-state index >= 15 is 0 Å². The van der Waals surface area contributed by atoms with Gasteiger partial charge in [-0.25, -0.2) is 4.98 Å². The molecule has 15 heavy (non-hydrogen) atoms. The minimum absolute atomic E-state index is 0.144. The van der Waals surface area contributed by atoms with Gasteiger partial charge in [-0.1, -0.05) is 15.9 Å². The van der Waals surface area contributed by atoms with Crippen LogP contribution in [0.2, 0.25) is 0 Å². The highest BCUT2D eigenvalue weighted by molar-refractivity contribution is 14.1. The average molecular weight is 381 g/mol. The normalized spacial score (nSPS) is 21.1. The monoisotopic (exact) mass is 380 g/mol. The van der Waals surface area contributed by atoms with Crippen molar-refractivity contribution in [3.8, 4) is 0 Å². The number of anilines is 1. The number of carbonyl (C=O) groups is 1. The van der Waals surface area contributed by atoms with Crippen LogP contribution in [0.4, 0.5) is 5.82 Å². The molecule has 1 unspecified atom stereocenters. The molecule has 0 N–H and O–H groups in total. The highest BCUT2D eigenvalue weighted by Crippen LogP contribution is 2.24. The van der Waals surface area contributed by atoms with E-state index in [2.05, 4.69) is 43.5 Å². The number of hydrogen-bond acceptors (Lipinski definition) is 2. The molecule has 1 saturated heterocycles. The van der Waals surface area contributed by atoms with Crippen LogP contribution in [0.3, 0.4) is 0 Å². The first-order valence-corrected chi connectivity index (χ1v) is 6.65. The van der Waals surface area contributed by atoms with Crippen LogP contribution in [0, 0.1) is 10.5 Å². The van der Waals surface area contributed by atoms with Gasteiger partial charge in [0.1, 0.15) is 5.82 Å². The summed E-state index contributed by atoms with van der Waals surface area (Å²) in [4.78, 5) is 18.0. The third-order valence-corrected chi connectivity index (χ3v) is 4.11. The Morgan fingerprint density at radius 2 is 2.33 bits per heavy atom. The molecule has 3 nitrogen and oxygen atoms in total. The largest absolute Gasteiger partial charge is 0.296 e. The minimum atomic E-state index is 0.144. The van der Waals surface area contributed by atoms with Crippen LogP contribution in [0.15, 0.2) is 12.1 Å². The first-order chi connectivity index (χ1) is 7.08. The molecule has 0 bridgehead atoms. The van der Waals surface area contributed by atoms with Crippen LogP contribution >= 0.6 is 38.5 Å². The second-order valence-corrected chi connectivity index (χ2v) is 6.00. The van der Waals surface area contributed by atoms with Gasteiger partial charge in [0.25, 0.3) is 0 Å². The summed E-state index contributed by atoms with van der Waals surface area (Å²) >= 11 is 5.70. The maximum absolute atomic E-state index is 11.6. The highest BCUT2D eigenvalue weighted by atomic mass is 127. The summed E-state index contributed by atoms with van der Waals surface area (Å²) in [5.74, 6) is 0.907. The number of carbonyl (C=O) groups excluding carboxylic acids is 1. The zero-order chi connectivity index (χ0) is 11.0. The van der Waals surface area contributed by atoms with Gasteiger partial charge in [-0.15, -0.1) is 0 Å². The summed E-state index contributed by atoms with van der Waals surface area (Å²) in [6.45, 7) is 2.67. The maximum atomic E-state index is 11.6. The molecular formula is C10H10BrIN2O. The molecule has 1 atom stereocenters. The summed E-state index contributed by atoms with van der Waals surface area (Å²) in [5, 5.41) is 0. The third kappa shape index (κ3) is 2.33. The number of alkyl halides is 1. The smallest absolute Gasteiger partial charge is 0.229 e. The van der Waals surface area contributed by atoms with Crippen LogP contribution in [-0.4, -0.2) is 22.3 Å². The van der Waals surface area contributed by atoms with Crippen molar-refractivity contribution in [1.29, 1.82) is 0 Å². The molecule has 80 valence electrons. The molecule has 2 rings (SSSR count). The Kier molecular flexibility index (Phi) is 3.30. The SMILES string of the molecule is Cc1nc(N2CC(Br)CC2=O)ccc1I. The molecule has 2 heterocycles. The Morgan fingerprint density at radius 1 is 1.60 bits per heavy atom. The standard InChI is InChI=1S/C10H10BrIN2O/c1-6-8(12)2-3-9(13-6)14-5-7(11)4-10(14)15/h2-3,7H,4-5H2,1H3. The van der Waals surface area contributed by atoms with Crippen LogP contribution in [-0.2, 0) is 4.79 Å². The molecule has 1 aliphatic heterocycles. The average Bonchev–Trinajstić information content (AvgIpc) is 2.50. The molecule has 1 aromatic rings. The van der Waals surface area contributed by atoms with Gasteiger partial charge in [-0.2, -0.15) is 0 Å². The topological polar surface area (TPSA) is 33.2 Å². The molecule has 0 saturated carbocycles. The van der Waals surface area contributed by atoms with Crippen molar-refractivity contribution in [2.45, 2.75) is 18.2 Å². The Labute approximate surface area is 111 Å². The fourth-order valence-electron chi connectivity index (χ4n) is 1.57. The van der Waals surface area contributed by atoms with Crippen LogP contribution in [0.1, 0.15) is 12.1 Å². The zero-order valence-electron chi connectivity index (χ0n) is 8.20. The Hall–Kier alpha value is -0.170. The van der Waals surface area contributed by atoms with E-state index in [-0.39, 0.29) is 10.7 Å². The molecule has 0 aromatic carbocycles. The Morgan fingerprint density at radius 3 is 2.87 bits per heavy atom. The van der Waals surface area contributed by atoms with Crippen molar-refractivity contribution in [2.24, 2.45) is 0 Å². The quantitative estimate of drug-likeness (QED) is 0.554. The van der Waals surface area contributed by atoms with Gasteiger partial charge in [0.15, 0.2) is 0 Å². The number of aryl methyl sites for hydroxylation is 1. The van der Waals surface area contributed by atoms with E-state index < -0.39 is 0 Å². The maximum Gasteiger partial charge on any atom is 0.229 e. The van der Waals surface area contributed by atoms with Crippen LogP contribution in [0.5, 0.6) is 0 Å². The van der Waals surface area contributed by atoms with Crippen LogP contribution in [0.25, 0.3) is 0 Å². The summed E-state index contributed by atoms with van der Waals surface area (Å²) in [7, 11) is 0. The van der Waals surface area contributed by atoms with Gasteiger partial charge in [0, 0.05) is 21.4 Å². The van der Waals surface area contributed by atoms with Gasteiger partial charge in [-0.05, 0) is 41.6 Å². The number of hydrogen-bond donors (Lipinski definition) is 0. The lowest BCUT2D eigenvalue weighted by Crippen LogP contribution is -2.25. The van der Waals surface area contributed by atoms with Gasteiger partial charge in [0.05, 0.1) is 5.69 Å². The van der Waals surface area contributed by atoms with E-state index in [9.17, 15) is 4.79 Å². The van der Waals surface area contributed by atoms with E-state index in [0.717, 1.165) is 15.1 Å². The van der Waals surface area contributed by atoms with E-state index in [1.54, 1.807) is 4.90 Å². The lowest BCUT2D eigenvalue weighted by molar-refractivity contribution is -0.117. The van der Waals surface area contributed by atoms with Crippen molar-refractivity contribution in [2.75, 3.05) is 11.4 Å². The first-order valence-electron chi connectivity index (χ1n) is 4.65. The van der Waals surface area contributed by atoms with Crippen molar-refractivity contribution < 1.29 is 4.79 Å². The summed E-state index contributed by atoms with van der Waals surface area (Å²) in [6.07, 6.45) is 0.562. The third-order valence-electron chi connectivity index (χ3n) is 2.36. The minimum Gasteiger partial charge on any atom is -0.296 e. The number of amides is 1. The van der Waals surface area contributed by atoms with E-state index in [1.807, 2.05) is 19.1 Å². The van der Waals surface area contributed by atoms with Crippen molar-refractivity contribution in [1.82, 2.24) is 4.98 Å². The fourth-order valence-corrected chi connectivity index (χ4v) is 2.43. The molecule has 1 aliphatic rings. The number of aromatic nitrogens is 1. The van der Waals surface area contributed by atoms with Gasteiger partial charge >= 0.3 is 0 Å². The molecule has 1 fully saturated rings. The van der Waals surface area contributed by atoms with E-state index in [1.165, 1.54) is 0 Å². The number of pyridine rings is 1. The number of nitrogens with zero attached hydrogens (tertiary/aromatic N) is 2. The Balaban J connectivity index is 2.30. The van der Waals surface area contributed by atoms with Crippen LogP contribution < -0.4 is 4.90 Å². The molecule has 1 aromatic heterocycles. The number of rotatable bonds is 1. The molecular weight excluding hydrogens is 371 g/mol. The summed E-state index contributed by atoms with van der Waals surface area (Å²) < 4.78 is 1.12. The van der Waals surface area contributed by atoms with Gasteiger partial charge in [0.2, 0.25) is 5.91 Å². The zero-order valence-corrected chi connectivity index (χ0v) is 11.9. The van der Waals surface area contributed by atoms with E-state index in [4.69, 9.17) is 0 Å². The molecule has 0 radical (unpaired) electrons. The highest BCUT2D eigenvalue weighted by Gasteiger charge is 2.29. The first kappa shape index (κ1) is 11.3. The van der Waals surface area contributed by atoms with Gasteiger partial charge < -0.3 is 0 Å². The predicted octanol–water partition coefficient (Wildman–Crippen LogP) is 2.49. The molecule has 0 aliphatic carbocycles. The second-order valence-electron chi connectivity index (χ2n) is 3.54. The fraction of sp³-hybridized carbons (Fsp3) is 0.400.